The summed E-state index contributed by atoms with van der Waals surface area (Å²) in [6, 6.07) is 3.68. The molecule has 0 aromatic heterocycles. The maximum atomic E-state index is 14.6. The van der Waals surface area contributed by atoms with E-state index in [0.717, 1.165) is 43.0 Å². The van der Waals surface area contributed by atoms with Crippen molar-refractivity contribution in [3.05, 3.63) is 70.0 Å². The summed E-state index contributed by atoms with van der Waals surface area (Å²) in [5.74, 6) is -4.61. The average molecular weight is 440 g/mol. The van der Waals surface area contributed by atoms with Gasteiger partial charge in [-0.05, 0) is 54.5 Å². The van der Waals surface area contributed by atoms with E-state index in [1.54, 1.807) is 0 Å². The lowest BCUT2D eigenvalue weighted by molar-refractivity contribution is -0.214. The fourth-order valence-electron chi connectivity index (χ4n) is 4.58. The third kappa shape index (κ3) is 4.93. The summed E-state index contributed by atoms with van der Waals surface area (Å²) >= 11 is 0. The SMILES string of the molecule is CC1CCC(C2COC(c3cc(F)c(Cc4cc(F)c(F)c(F)c4)c(F)c3)OC2)CC1. The van der Waals surface area contributed by atoms with Crippen molar-refractivity contribution >= 4 is 0 Å². The molecule has 1 aliphatic carbocycles. The quantitative estimate of drug-likeness (QED) is 0.401. The molecule has 7 heteroatoms. The van der Waals surface area contributed by atoms with Crippen molar-refractivity contribution in [2.75, 3.05) is 13.2 Å². The molecule has 2 fully saturated rings. The van der Waals surface area contributed by atoms with Crippen molar-refractivity contribution in [3.8, 4) is 0 Å². The van der Waals surface area contributed by atoms with E-state index in [-0.39, 0.29) is 22.6 Å². The standard InChI is InChI=1S/C24H25F5O2/c1-13-2-4-15(5-3-13)17-11-30-24(31-12-17)16-9-19(25)18(20(26)10-16)6-14-7-21(27)23(29)22(28)8-14/h7-10,13,15,17,24H,2-6,11-12H2,1H3. The molecule has 1 saturated carbocycles. The van der Waals surface area contributed by atoms with Gasteiger partial charge in [-0.1, -0.05) is 19.8 Å². The molecule has 1 saturated heterocycles. The van der Waals surface area contributed by atoms with Gasteiger partial charge in [0.1, 0.15) is 11.6 Å². The highest BCUT2D eigenvalue weighted by Gasteiger charge is 2.32. The second-order valence-corrected chi connectivity index (χ2v) is 8.79. The van der Waals surface area contributed by atoms with Crippen LogP contribution in [0.4, 0.5) is 22.0 Å². The summed E-state index contributed by atoms with van der Waals surface area (Å²) in [5.41, 5.74) is -0.220. The lowest BCUT2D eigenvalue weighted by Crippen LogP contribution is -2.34. The van der Waals surface area contributed by atoms with Crippen LogP contribution in [-0.2, 0) is 15.9 Å². The Hall–Kier alpha value is -1.99. The first-order valence-corrected chi connectivity index (χ1v) is 10.7. The average Bonchev–Trinajstić information content (AvgIpc) is 2.75. The molecule has 0 amide bonds. The highest BCUT2D eigenvalue weighted by molar-refractivity contribution is 5.33. The molecule has 0 spiro atoms. The van der Waals surface area contributed by atoms with Crippen molar-refractivity contribution in [1.82, 2.24) is 0 Å². The zero-order valence-corrected chi connectivity index (χ0v) is 17.3. The van der Waals surface area contributed by atoms with Crippen LogP contribution in [0, 0.1) is 46.8 Å². The van der Waals surface area contributed by atoms with Crippen molar-refractivity contribution in [2.24, 2.45) is 17.8 Å². The molecule has 4 rings (SSSR count). The highest BCUT2D eigenvalue weighted by Crippen LogP contribution is 2.37. The molecular weight excluding hydrogens is 415 g/mol. The van der Waals surface area contributed by atoms with Crippen molar-refractivity contribution in [2.45, 2.75) is 45.3 Å². The van der Waals surface area contributed by atoms with Gasteiger partial charge in [0.2, 0.25) is 0 Å². The topological polar surface area (TPSA) is 18.5 Å². The van der Waals surface area contributed by atoms with Gasteiger partial charge in [0, 0.05) is 23.5 Å². The van der Waals surface area contributed by atoms with Crippen LogP contribution in [-0.4, -0.2) is 13.2 Å². The summed E-state index contributed by atoms with van der Waals surface area (Å²) in [6.07, 6.45) is 3.41. The monoisotopic (exact) mass is 440 g/mol. The van der Waals surface area contributed by atoms with Gasteiger partial charge in [-0.3, -0.25) is 0 Å². The van der Waals surface area contributed by atoms with Gasteiger partial charge in [0.05, 0.1) is 13.2 Å². The number of rotatable bonds is 4. The first-order valence-electron chi connectivity index (χ1n) is 10.7. The maximum Gasteiger partial charge on any atom is 0.194 e. The van der Waals surface area contributed by atoms with Gasteiger partial charge in [-0.25, -0.2) is 22.0 Å². The molecular formula is C24H25F5O2. The van der Waals surface area contributed by atoms with Gasteiger partial charge in [0.25, 0.3) is 0 Å². The molecule has 0 unspecified atom stereocenters. The van der Waals surface area contributed by atoms with Crippen LogP contribution in [0.3, 0.4) is 0 Å². The second-order valence-electron chi connectivity index (χ2n) is 8.79. The smallest absolute Gasteiger partial charge is 0.194 e. The second kappa shape index (κ2) is 9.25. The zero-order chi connectivity index (χ0) is 22.1. The third-order valence-corrected chi connectivity index (χ3v) is 6.51. The first-order chi connectivity index (χ1) is 14.8. The fourth-order valence-corrected chi connectivity index (χ4v) is 4.58. The lowest BCUT2D eigenvalue weighted by atomic mass is 9.76. The normalized spacial score (nSPS) is 26.8. The molecule has 0 N–H and O–H groups in total. The number of halogens is 5. The van der Waals surface area contributed by atoms with E-state index in [2.05, 4.69) is 6.92 Å². The number of hydrogen-bond acceptors (Lipinski definition) is 2. The van der Waals surface area contributed by atoms with Crippen LogP contribution in [0.25, 0.3) is 0 Å². The van der Waals surface area contributed by atoms with E-state index in [9.17, 15) is 22.0 Å². The van der Waals surface area contributed by atoms with Crippen LogP contribution in [0.15, 0.2) is 24.3 Å². The Balaban J connectivity index is 1.43. The minimum atomic E-state index is -1.62. The van der Waals surface area contributed by atoms with E-state index in [1.807, 2.05) is 0 Å². The lowest BCUT2D eigenvalue weighted by Gasteiger charge is -2.37. The molecule has 0 bridgehead atoms. The molecule has 168 valence electrons. The van der Waals surface area contributed by atoms with Gasteiger partial charge in [-0.15, -0.1) is 0 Å². The van der Waals surface area contributed by atoms with Crippen LogP contribution in [0.5, 0.6) is 0 Å². The molecule has 0 atom stereocenters. The van der Waals surface area contributed by atoms with Crippen LogP contribution in [0.2, 0.25) is 0 Å². The summed E-state index contributed by atoms with van der Waals surface area (Å²) < 4.78 is 80.7. The molecule has 2 aliphatic rings. The fraction of sp³-hybridized carbons (Fsp3) is 0.500. The van der Waals surface area contributed by atoms with E-state index in [4.69, 9.17) is 9.47 Å². The van der Waals surface area contributed by atoms with Gasteiger partial charge in [-0.2, -0.15) is 0 Å². The van der Waals surface area contributed by atoms with E-state index in [0.29, 0.717) is 19.1 Å². The van der Waals surface area contributed by atoms with E-state index >= 15 is 0 Å². The molecule has 1 heterocycles. The summed E-state index contributed by atoms with van der Waals surface area (Å²) in [5, 5.41) is 0. The number of hydrogen-bond donors (Lipinski definition) is 0. The predicted octanol–water partition coefficient (Wildman–Crippen LogP) is 6.46. The summed E-state index contributed by atoms with van der Waals surface area (Å²) in [6.45, 7) is 3.21. The minimum absolute atomic E-state index is 0.0724. The summed E-state index contributed by atoms with van der Waals surface area (Å²) in [7, 11) is 0. The van der Waals surface area contributed by atoms with Gasteiger partial charge >= 0.3 is 0 Å². The molecule has 0 radical (unpaired) electrons. The molecule has 2 nitrogen and oxygen atoms in total. The Labute approximate surface area is 178 Å². The predicted molar refractivity (Wildman–Crippen MR) is 105 cm³/mol. The zero-order valence-electron chi connectivity index (χ0n) is 17.3. The minimum Gasteiger partial charge on any atom is -0.348 e. The summed E-state index contributed by atoms with van der Waals surface area (Å²) in [4.78, 5) is 0. The van der Waals surface area contributed by atoms with Crippen LogP contribution in [0.1, 0.15) is 55.6 Å². The van der Waals surface area contributed by atoms with E-state index < -0.39 is 41.8 Å². The van der Waals surface area contributed by atoms with Crippen LogP contribution >= 0.6 is 0 Å². The number of benzene rings is 2. The molecule has 1 aliphatic heterocycles. The highest BCUT2D eigenvalue weighted by atomic mass is 19.2. The van der Waals surface area contributed by atoms with Gasteiger partial charge in [0.15, 0.2) is 23.7 Å². The molecule has 31 heavy (non-hydrogen) atoms. The van der Waals surface area contributed by atoms with Crippen LogP contribution < -0.4 is 0 Å². The Morgan fingerprint density at radius 2 is 1.29 bits per heavy atom. The Bertz CT molecular complexity index is 886. The third-order valence-electron chi connectivity index (χ3n) is 6.51. The molecule has 2 aromatic carbocycles. The Morgan fingerprint density at radius 3 is 1.84 bits per heavy atom. The van der Waals surface area contributed by atoms with Crippen molar-refractivity contribution in [3.63, 3.8) is 0 Å². The molecule has 2 aromatic rings. The van der Waals surface area contributed by atoms with Gasteiger partial charge < -0.3 is 9.47 Å². The Morgan fingerprint density at radius 1 is 0.742 bits per heavy atom. The van der Waals surface area contributed by atoms with E-state index in [1.165, 1.54) is 12.8 Å². The maximum absolute atomic E-state index is 14.6. The number of ether oxygens (including phenoxy) is 2. The first kappa shape index (κ1) is 22.2. The Kier molecular flexibility index (Phi) is 6.63. The van der Waals surface area contributed by atoms with Crippen molar-refractivity contribution < 1.29 is 31.4 Å². The van der Waals surface area contributed by atoms with Crippen molar-refractivity contribution in [1.29, 1.82) is 0 Å². The largest absolute Gasteiger partial charge is 0.348 e.